The van der Waals surface area contributed by atoms with Crippen LogP contribution in [0.1, 0.15) is 16.2 Å². The van der Waals surface area contributed by atoms with Gasteiger partial charge in [0.1, 0.15) is 12.6 Å². The molecule has 0 fully saturated rings. The summed E-state index contributed by atoms with van der Waals surface area (Å²) in [6.07, 6.45) is 2.94. The number of nitrogens with one attached hydrogen (secondary N) is 1. The number of fused-ring (bicyclic) bond motifs is 1. The van der Waals surface area contributed by atoms with E-state index in [4.69, 9.17) is 22.1 Å². The van der Waals surface area contributed by atoms with Gasteiger partial charge in [0.25, 0.3) is 11.8 Å². The van der Waals surface area contributed by atoms with Gasteiger partial charge in [-0.3, -0.25) is 14.5 Å². The second-order valence-corrected chi connectivity index (χ2v) is 7.28. The highest BCUT2D eigenvalue weighted by Gasteiger charge is 2.32. The summed E-state index contributed by atoms with van der Waals surface area (Å²) in [5.74, 6) is -0.387. The molecule has 2 amide bonds. The standard InChI is InChI=1S/C21H19ClN6O3/c1-28-19-16(7-14(22)10-25-19)31-11-15(21(28)30)26-20(29)18-24-9-13(8-23)17(27-18)12-5-3-2-4-6-12/h2-7,9-10,15H,8,11,23H2,1H3,(H,26,29)/t15-/m0/s1. The molecular formula is C21H19ClN6O3. The van der Waals surface area contributed by atoms with Crippen molar-refractivity contribution in [2.45, 2.75) is 12.6 Å². The number of aromatic nitrogens is 3. The molecule has 1 atom stereocenters. The molecule has 0 aliphatic carbocycles. The zero-order valence-corrected chi connectivity index (χ0v) is 17.3. The van der Waals surface area contributed by atoms with Crippen molar-refractivity contribution >= 4 is 29.2 Å². The summed E-state index contributed by atoms with van der Waals surface area (Å²) in [7, 11) is 1.55. The van der Waals surface area contributed by atoms with E-state index in [0.717, 1.165) is 5.56 Å². The molecule has 2 aromatic heterocycles. The van der Waals surface area contributed by atoms with E-state index < -0.39 is 11.9 Å². The number of rotatable bonds is 4. The fourth-order valence-corrected chi connectivity index (χ4v) is 3.34. The quantitative estimate of drug-likeness (QED) is 0.636. The lowest BCUT2D eigenvalue weighted by atomic mass is 10.1. The van der Waals surface area contributed by atoms with Gasteiger partial charge in [-0.15, -0.1) is 0 Å². The Balaban J connectivity index is 1.58. The molecule has 0 unspecified atom stereocenters. The van der Waals surface area contributed by atoms with Crippen LogP contribution in [0.25, 0.3) is 11.3 Å². The van der Waals surface area contributed by atoms with Crippen molar-refractivity contribution < 1.29 is 14.3 Å². The van der Waals surface area contributed by atoms with Crippen molar-refractivity contribution in [3.8, 4) is 17.0 Å². The maximum Gasteiger partial charge on any atom is 0.289 e. The van der Waals surface area contributed by atoms with E-state index >= 15 is 0 Å². The van der Waals surface area contributed by atoms with E-state index in [0.29, 0.717) is 27.8 Å². The molecule has 1 aliphatic rings. The number of hydrogen-bond acceptors (Lipinski definition) is 7. The third-order valence-electron chi connectivity index (χ3n) is 4.79. The smallest absolute Gasteiger partial charge is 0.289 e. The zero-order valence-electron chi connectivity index (χ0n) is 16.6. The largest absolute Gasteiger partial charge is 0.487 e. The Morgan fingerprint density at radius 3 is 2.81 bits per heavy atom. The molecule has 0 saturated carbocycles. The molecule has 0 bridgehead atoms. The molecule has 1 aromatic carbocycles. The van der Waals surface area contributed by atoms with Crippen LogP contribution in [-0.2, 0) is 11.3 Å². The maximum atomic E-state index is 12.9. The number of ether oxygens (including phenoxy) is 1. The first kappa shape index (κ1) is 20.7. The molecule has 10 heteroatoms. The Hall–Kier alpha value is -3.56. The number of benzene rings is 1. The second-order valence-electron chi connectivity index (χ2n) is 6.85. The number of hydrogen-bond donors (Lipinski definition) is 2. The molecule has 0 spiro atoms. The number of nitrogens with two attached hydrogens (primary N) is 1. The van der Waals surface area contributed by atoms with Crippen LogP contribution < -0.4 is 20.7 Å². The van der Waals surface area contributed by atoms with Gasteiger partial charge in [-0.1, -0.05) is 41.9 Å². The van der Waals surface area contributed by atoms with Gasteiger partial charge in [0.05, 0.1) is 10.7 Å². The average molecular weight is 439 g/mol. The minimum absolute atomic E-state index is 0.0746. The number of pyridine rings is 1. The first-order valence-corrected chi connectivity index (χ1v) is 9.84. The summed E-state index contributed by atoms with van der Waals surface area (Å²) >= 11 is 5.96. The molecule has 3 heterocycles. The van der Waals surface area contributed by atoms with Gasteiger partial charge in [0, 0.05) is 43.2 Å². The van der Waals surface area contributed by atoms with E-state index in [1.54, 1.807) is 13.1 Å². The van der Waals surface area contributed by atoms with E-state index in [-0.39, 0.29) is 24.9 Å². The van der Waals surface area contributed by atoms with Gasteiger partial charge >= 0.3 is 0 Å². The summed E-state index contributed by atoms with van der Waals surface area (Å²) in [5.41, 5.74) is 7.88. The Morgan fingerprint density at radius 2 is 2.06 bits per heavy atom. The van der Waals surface area contributed by atoms with Crippen LogP contribution in [0.4, 0.5) is 5.82 Å². The van der Waals surface area contributed by atoms with E-state index in [2.05, 4.69) is 20.3 Å². The van der Waals surface area contributed by atoms with Crippen molar-refractivity contribution in [3.05, 3.63) is 65.2 Å². The Morgan fingerprint density at radius 1 is 1.29 bits per heavy atom. The normalized spacial score (nSPS) is 15.6. The first-order chi connectivity index (χ1) is 15.0. The molecule has 4 rings (SSSR count). The lowest BCUT2D eigenvalue weighted by molar-refractivity contribution is -0.120. The second kappa shape index (κ2) is 8.66. The Labute approximate surface area is 183 Å². The van der Waals surface area contributed by atoms with Crippen molar-refractivity contribution in [2.24, 2.45) is 5.73 Å². The van der Waals surface area contributed by atoms with Crippen LogP contribution in [0.3, 0.4) is 0 Å². The lowest BCUT2D eigenvalue weighted by Gasteiger charge is -2.19. The first-order valence-electron chi connectivity index (χ1n) is 9.46. The van der Waals surface area contributed by atoms with Crippen LogP contribution in [0.15, 0.2) is 48.8 Å². The molecule has 3 aromatic rings. The Kier molecular flexibility index (Phi) is 5.79. The third kappa shape index (κ3) is 4.18. The van der Waals surface area contributed by atoms with Gasteiger partial charge in [-0.25, -0.2) is 15.0 Å². The number of nitrogens with zero attached hydrogens (tertiary/aromatic N) is 4. The van der Waals surface area contributed by atoms with E-state index in [1.807, 2.05) is 30.3 Å². The SMILES string of the molecule is CN1C(=O)[C@@H](NC(=O)c2ncc(CN)c(-c3ccccc3)n2)COc2cc(Cl)cnc21. The summed E-state index contributed by atoms with van der Waals surface area (Å²) in [5, 5.41) is 3.03. The summed E-state index contributed by atoms with van der Waals surface area (Å²) in [6.45, 7) is 0.135. The molecule has 0 saturated heterocycles. The van der Waals surface area contributed by atoms with Gasteiger partial charge in [0.2, 0.25) is 5.82 Å². The minimum Gasteiger partial charge on any atom is -0.487 e. The van der Waals surface area contributed by atoms with Crippen molar-refractivity contribution in [1.82, 2.24) is 20.3 Å². The number of likely N-dealkylation sites (N-methyl/N-ethyl adjacent to an activating group) is 1. The average Bonchev–Trinajstić information content (AvgIpc) is 2.91. The van der Waals surface area contributed by atoms with Gasteiger partial charge in [-0.05, 0) is 0 Å². The van der Waals surface area contributed by atoms with Crippen LogP contribution in [0.2, 0.25) is 5.02 Å². The Bertz CT molecular complexity index is 1140. The van der Waals surface area contributed by atoms with Gasteiger partial charge in [-0.2, -0.15) is 0 Å². The van der Waals surface area contributed by atoms with Crippen LogP contribution in [0, 0.1) is 0 Å². The van der Waals surface area contributed by atoms with Gasteiger partial charge in [0.15, 0.2) is 11.6 Å². The molecule has 158 valence electrons. The summed E-state index contributed by atoms with van der Waals surface area (Å²) < 4.78 is 5.67. The highest BCUT2D eigenvalue weighted by Crippen LogP contribution is 2.30. The van der Waals surface area contributed by atoms with Crippen LogP contribution in [-0.4, -0.2) is 46.5 Å². The highest BCUT2D eigenvalue weighted by molar-refractivity contribution is 6.30. The molecular weight excluding hydrogens is 420 g/mol. The number of carbonyl (C=O) groups is 2. The van der Waals surface area contributed by atoms with Crippen LogP contribution in [0.5, 0.6) is 5.75 Å². The number of amides is 2. The topological polar surface area (TPSA) is 123 Å². The molecule has 9 nitrogen and oxygen atoms in total. The zero-order chi connectivity index (χ0) is 22.0. The monoisotopic (exact) mass is 438 g/mol. The molecule has 0 radical (unpaired) electrons. The molecule has 1 aliphatic heterocycles. The summed E-state index contributed by atoms with van der Waals surface area (Å²) in [4.78, 5) is 39.7. The third-order valence-corrected chi connectivity index (χ3v) is 5.00. The van der Waals surface area contributed by atoms with Crippen molar-refractivity contribution in [2.75, 3.05) is 18.6 Å². The maximum absolute atomic E-state index is 12.9. The fourth-order valence-electron chi connectivity index (χ4n) is 3.19. The van der Waals surface area contributed by atoms with Crippen LogP contribution >= 0.6 is 11.6 Å². The van der Waals surface area contributed by atoms with Gasteiger partial charge < -0.3 is 15.8 Å². The van der Waals surface area contributed by atoms with Crippen molar-refractivity contribution in [3.63, 3.8) is 0 Å². The summed E-state index contributed by atoms with van der Waals surface area (Å²) in [6, 6.07) is 9.97. The fraction of sp³-hybridized carbons (Fsp3) is 0.190. The molecule has 31 heavy (non-hydrogen) atoms. The number of carbonyl (C=O) groups excluding carboxylic acids is 2. The predicted molar refractivity (Wildman–Crippen MR) is 115 cm³/mol. The molecule has 3 N–H and O–H groups in total. The number of anilines is 1. The highest BCUT2D eigenvalue weighted by atomic mass is 35.5. The minimum atomic E-state index is -0.955. The van der Waals surface area contributed by atoms with Crippen molar-refractivity contribution in [1.29, 1.82) is 0 Å². The lowest BCUT2D eigenvalue weighted by Crippen LogP contribution is -2.49. The van der Waals surface area contributed by atoms with E-state index in [1.165, 1.54) is 17.3 Å². The predicted octanol–water partition coefficient (Wildman–Crippen LogP) is 1.80. The van der Waals surface area contributed by atoms with E-state index in [9.17, 15) is 9.59 Å². The number of halogens is 1.